The smallest absolute Gasteiger partial charge is 0.338 e. The van der Waals surface area contributed by atoms with Crippen molar-refractivity contribution in [1.29, 1.82) is 0 Å². The molecule has 0 spiro atoms. The summed E-state index contributed by atoms with van der Waals surface area (Å²) < 4.78 is 11.2. The molecule has 0 radical (unpaired) electrons. The molecule has 1 aromatic rings. The SMILES string of the molecule is COc1ccccc1[C@H]1NC(=O)NC(C)=C1C(=O)O[C@H]1CCC[C@H]1C. The average Bonchev–Trinajstić information content (AvgIpc) is 2.98. The second-order valence-corrected chi connectivity index (χ2v) is 6.66. The van der Waals surface area contributed by atoms with Crippen molar-refractivity contribution in [2.24, 2.45) is 5.92 Å². The summed E-state index contributed by atoms with van der Waals surface area (Å²) in [5, 5.41) is 5.49. The van der Waals surface area contributed by atoms with Crippen LogP contribution < -0.4 is 15.4 Å². The number of urea groups is 1. The van der Waals surface area contributed by atoms with E-state index < -0.39 is 6.04 Å². The molecule has 3 rings (SSSR count). The number of ether oxygens (including phenoxy) is 2. The molecule has 0 bridgehead atoms. The third-order valence-corrected chi connectivity index (χ3v) is 4.98. The molecular formula is C19H24N2O4. The maximum atomic E-state index is 12.9. The minimum Gasteiger partial charge on any atom is -0.496 e. The second kappa shape index (κ2) is 7.17. The van der Waals surface area contributed by atoms with Crippen LogP contribution in [0.25, 0.3) is 0 Å². The van der Waals surface area contributed by atoms with Gasteiger partial charge >= 0.3 is 12.0 Å². The summed E-state index contributed by atoms with van der Waals surface area (Å²) in [4.78, 5) is 24.9. The number of hydrogen-bond donors (Lipinski definition) is 2. The molecule has 0 saturated heterocycles. The lowest BCUT2D eigenvalue weighted by Crippen LogP contribution is -2.45. The number of methoxy groups -OCH3 is 1. The first-order chi connectivity index (χ1) is 12.0. The third-order valence-electron chi connectivity index (χ3n) is 4.98. The normalized spacial score (nSPS) is 26.0. The van der Waals surface area contributed by atoms with E-state index in [1.165, 1.54) is 0 Å². The van der Waals surface area contributed by atoms with Gasteiger partial charge in [-0.05, 0) is 38.2 Å². The van der Waals surface area contributed by atoms with E-state index in [1.54, 1.807) is 20.1 Å². The Balaban J connectivity index is 1.93. The van der Waals surface area contributed by atoms with Gasteiger partial charge in [-0.3, -0.25) is 0 Å². The molecule has 0 aromatic heterocycles. The lowest BCUT2D eigenvalue weighted by molar-refractivity contribution is -0.146. The molecule has 134 valence electrons. The Morgan fingerprint density at radius 1 is 1.24 bits per heavy atom. The summed E-state index contributed by atoms with van der Waals surface area (Å²) in [5.41, 5.74) is 1.66. The zero-order chi connectivity index (χ0) is 18.0. The number of amides is 2. The molecule has 0 unspecified atom stereocenters. The van der Waals surface area contributed by atoms with Crippen LogP contribution in [0.4, 0.5) is 4.79 Å². The summed E-state index contributed by atoms with van der Waals surface area (Å²) in [6.45, 7) is 3.82. The molecule has 25 heavy (non-hydrogen) atoms. The Morgan fingerprint density at radius 2 is 2.00 bits per heavy atom. The molecule has 2 N–H and O–H groups in total. The summed E-state index contributed by atoms with van der Waals surface area (Å²) >= 11 is 0. The molecule has 1 aromatic carbocycles. The van der Waals surface area contributed by atoms with Crippen molar-refractivity contribution in [3.63, 3.8) is 0 Å². The predicted molar refractivity (Wildman–Crippen MR) is 93.0 cm³/mol. The van der Waals surface area contributed by atoms with Gasteiger partial charge in [0.05, 0.1) is 18.7 Å². The Labute approximate surface area is 147 Å². The van der Waals surface area contributed by atoms with Crippen molar-refractivity contribution >= 4 is 12.0 Å². The number of para-hydroxylation sites is 1. The molecule has 1 heterocycles. The van der Waals surface area contributed by atoms with E-state index in [0.717, 1.165) is 24.8 Å². The van der Waals surface area contributed by atoms with E-state index in [-0.39, 0.29) is 18.1 Å². The van der Waals surface area contributed by atoms with Crippen molar-refractivity contribution in [3.8, 4) is 5.75 Å². The number of benzene rings is 1. The molecule has 2 amide bonds. The zero-order valence-electron chi connectivity index (χ0n) is 14.8. The van der Waals surface area contributed by atoms with Crippen LogP contribution in [0.15, 0.2) is 35.5 Å². The Kier molecular flexibility index (Phi) is 4.97. The number of hydrogen-bond acceptors (Lipinski definition) is 4. The molecule has 6 heteroatoms. The number of nitrogens with one attached hydrogen (secondary N) is 2. The number of carbonyl (C=O) groups excluding carboxylic acids is 2. The van der Waals surface area contributed by atoms with Crippen LogP contribution in [-0.2, 0) is 9.53 Å². The van der Waals surface area contributed by atoms with Crippen LogP contribution in [0.1, 0.15) is 44.7 Å². The van der Waals surface area contributed by atoms with Crippen molar-refractivity contribution < 1.29 is 19.1 Å². The molecule has 3 atom stereocenters. The van der Waals surface area contributed by atoms with Crippen LogP contribution in [-0.4, -0.2) is 25.2 Å². The highest BCUT2D eigenvalue weighted by atomic mass is 16.5. The van der Waals surface area contributed by atoms with Gasteiger partial charge in [-0.2, -0.15) is 0 Å². The van der Waals surface area contributed by atoms with Gasteiger partial charge in [-0.1, -0.05) is 25.1 Å². The molecule has 1 aliphatic heterocycles. The van der Waals surface area contributed by atoms with Crippen molar-refractivity contribution in [2.75, 3.05) is 7.11 Å². The molecule has 1 saturated carbocycles. The largest absolute Gasteiger partial charge is 0.496 e. The quantitative estimate of drug-likeness (QED) is 0.823. The molecule has 6 nitrogen and oxygen atoms in total. The minimum absolute atomic E-state index is 0.0660. The Hall–Kier alpha value is -2.50. The van der Waals surface area contributed by atoms with Gasteiger partial charge in [-0.25, -0.2) is 9.59 Å². The maximum absolute atomic E-state index is 12.9. The van der Waals surface area contributed by atoms with Crippen molar-refractivity contribution in [1.82, 2.24) is 10.6 Å². The first-order valence-electron chi connectivity index (χ1n) is 8.63. The first-order valence-corrected chi connectivity index (χ1v) is 8.63. The van der Waals surface area contributed by atoms with E-state index in [9.17, 15) is 9.59 Å². The predicted octanol–water partition coefficient (Wildman–Crippen LogP) is 3.05. The van der Waals surface area contributed by atoms with Gasteiger partial charge in [0, 0.05) is 11.3 Å². The van der Waals surface area contributed by atoms with E-state index in [4.69, 9.17) is 9.47 Å². The fourth-order valence-corrected chi connectivity index (χ4v) is 3.59. The van der Waals surface area contributed by atoms with Crippen molar-refractivity contribution in [2.45, 2.75) is 45.3 Å². The second-order valence-electron chi connectivity index (χ2n) is 6.66. The highest BCUT2D eigenvalue weighted by Crippen LogP contribution is 2.35. The Morgan fingerprint density at radius 3 is 2.68 bits per heavy atom. The summed E-state index contributed by atoms with van der Waals surface area (Å²) in [5.74, 6) is 0.586. The number of allylic oxidation sites excluding steroid dienone is 1. The topological polar surface area (TPSA) is 76.7 Å². The molecule has 1 aliphatic carbocycles. The molecular weight excluding hydrogens is 320 g/mol. The average molecular weight is 344 g/mol. The fraction of sp³-hybridized carbons (Fsp3) is 0.474. The van der Waals surface area contributed by atoms with E-state index >= 15 is 0 Å². The van der Waals surface area contributed by atoms with Gasteiger partial charge in [0.25, 0.3) is 0 Å². The van der Waals surface area contributed by atoms with Crippen molar-refractivity contribution in [3.05, 3.63) is 41.1 Å². The highest BCUT2D eigenvalue weighted by molar-refractivity contribution is 5.95. The van der Waals surface area contributed by atoms with E-state index in [1.807, 2.05) is 18.2 Å². The van der Waals surface area contributed by atoms with Crippen LogP contribution in [0, 0.1) is 5.92 Å². The number of carbonyl (C=O) groups is 2. The van der Waals surface area contributed by atoms with E-state index in [2.05, 4.69) is 17.6 Å². The summed E-state index contributed by atoms with van der Waals surface area (Å²) in [6, 6.07) is 6.39. The monoisotopic (exact) mass is 344 g/mol. The lowest BCUT2D eigenvalue weighted by atomic mass is 9.94. The minimum atomic E-state index is -0.603. The standard InChI is InChI=1S/C19H24N2O4/c1-11-7-6-10-14(11)25-18(22)16-12(2)20-19(23)21-17(16)13-8-4-5-9-15(13)24-3/h4-5,8-9,11,14,17H,6-7,10H2,1-3H3,(H2,20,21,23)/t11-,14+,17-/m1/s1. The van der Waals surface area contributed by atoms with E-state index in [0.29, 0.717) is 22.9 Å². The highest BCUT2D eigenvalue weighted by Gasteiger charge is 2.36. The first kappa shape index (κ1) is 17.3. The number of esters is 1. The fourth-order valence-electron chi connectivity index (χ4n) is 3.59. The van der Waals surface area contributed by atoms with Crippen LogP contribution in [0.3, 0.4) is 0 Å². The van der Waals surface area contributed by atoms with Gasteiger partial charge in [0.1, 0.15) is 11.9 Å². The maximum Gasteiger partial charge on any atom is 0.338 e. The molecule has 2 aliphatic rings. The summed E-state index contributed by atoms with van der Waals surface area (Å²) in [7, 11) is 1.57. The zero-order valence-corrected chi connectivity index (χ0v) is 14.8. The number of rotatable bonds is 4. The van der Waals surface area contributed by atoms with Crippen LogP contribution >= 0.6 is 0 Å². The van der Waals surface area contributed by atoms with Crippen LogP contribution in [0.5, 0.6) is 5.75 Å². The molecule has 1 fully saturated rings. The van der Waals surface area contributed by atoms with Gasteiger partial charge in [0.15, 0.2) is 0 Å². The third kappa shape index (κ3) is 3.48. The summed E-state index contributed by atoms with van der Waals surface area (Å²) in [6.07, 6.45) is 2.96. The van der Waals surface area contributed by atoms with Gasteiger partial charge in [-0.15, -0.1) is 0 Å². The van der Waals surface area contributed by atoms with Crippen LogP contribution in [0.2, 0.25) is 0 Å². The van der Waals surface area contributed by atoms with Gasteiger partial charge < -0.3 is 20.1 Å². The lowest BCUT2D eigenvalue weighted by Gasteiger charge is -2.30. The van der Waals surface area contributed by atoms with Gasteiger partial charge in [0.2, 0.25) is 0 Å². The Bertz CT molecular complexity index is 713.